The zero-order valence-corrected chi connectivity index (χ0v) is 12.6. The lowest BCUT2D eigenvalue weighted by atomic mass is 10.2. The molecule has 0 atom stereocenters. The van der Waals surface area contributed by atoms with E-state index in [1.807, 2.05) is 19.2 Å². The Morgan fingerprint density at radius 3 is 2.73 bits per heavy atom. The van der Waals surface area contributed by atoms with E-state index in [-0.39, 0.29) is 0 Å². The third kappa shape index (κ3) is 2.92. The van der Waals surface area contributed by atoms with Crippen molar-refractivity contribution in [2.75, 3.05) is 20.3 Å². The Balaban J connectivity index is 1.39. The SMILES string of the molecule is CN(Cc1ccc2c(c1)OCCO2)Cc1nnc(C2CC2)o1. The summed E-state index contributed by atoms with van der Waals surface area (Å²) in [6.45, 7) is 2.66. The monoisotopic (exact) mass is 301 g/mol. The molecule has 0 saturated heterocycles. The van der Waals surface area contributed by atoms with Crippen molar-refractivity contribution in [2.24, 2.45) is 0 Å². The number of fused-ring (bicyclic) bond motifs is 1. The van der Waals surface area contributed by atoms with E-state index >= 15 is 0 Å². The second-order valence-corrected chi connectivity index (χ2v) is 5.96. The van der Waals surface area contributed by atoms with Gasteiger partial charge in [0.2, 0.25) is 11.8 Å². The highest BCUT2D eigenvalue weighted by atomic mass is 16.6. The number of hydrogen-bond donors (Lipinski definition) is 0. The highest BCUT2D eigenvalue weighted by molar-refractivity contribution is 5.43. The van der Waals surface area contributed by atoms with Gasteiger partial charge in [0, 0.05) is 12.5 Å². The number of benzene rings is 1. The summed E-state index contributed by atoms with van der Waals surface area (Å²) in [7, 11) is 2.04. The third-order valence-electron chi connectivity index (χ3n) is 3.87. The van der Waals surface area contributed by atoms with Crippen LogP contribution in [0.25, 0.3) is 0 Å². The van der Waals surface area contributed by atoms with Crippen LogP contribution in [0.3, 0.4) is 0 Å². The van der Waals surface area contributed by atoms with E-state index in [0.717, 1.165) is 23.9 Å². The first kappa shape index (κ1) is 13.6. The Hall–Kier alpha value is -2.08. The summed E-state index contributed by atoms with van der Waals surface area (Å²) in [5, 5.41) is 8.24. The summed E-state index contributed by atoms with van der Waals surface area (Å²) in [5.74, 6) is 3.63. The molecule has 0 radical (unpaired) electrons. The van der Waals surface area contributed by atoms with E-state index in [1.54, 1.807) is 0 Å². The summed E-state index contributed by atoms with van der Waals surface area (Å²) in [5.41, 5.74) is 1.17. The lowest BCUT2D eigenvalue weighted by Crippen LogP contribution is -2.19. The van der Waals surface area contributed by atoms with E-state index in [1.165, 1.54) is 18.4 Å². The molecule has 1 aromatic heterocycles. The highest BCUT2D eigenvalue weighted by Gasteiger charge is 2.29. The van der Waals surface area contributed by atoms with Gasteiger partial charge >= 0.3 is 0 Å². The Bertz CT molecular complexity index is 666. The summed E-state index contributed by atoms with van der Waals surface area (Å²) >= 11 is 0. The molecule has 6 heteroatoms. The molecule has 0 spiro atoms. The molecule has 2 aliphatic rings. The maximum atomic E-state index is 5.70. The molecule has 0 N–H and O–H groups in total. The van der Waals surface area contributed by atoms with Crippen molar-refractivity contribution in [3.05, 3.63) is 35.5 Å². The Morgan fingerprint density at radius 1 is 1.09 bits per heavy atom. The van der Waals surface area contributed by atoms with E-state index in [2.05, 4.69) is 21.2 Å². The van der Waals surface area contributed by atoms with Crippen LogP contribution in [0.4, 0.5) is 0 Å². The molecular formula is C16H19N3O3. The predicted octanol–water partition coefficient (Wildman–Crippen LogP) is 2.35. The van der Waals surface area contributed by atoms with E-state index < -0.39 is 0 Å². The van der Waals surface area contributed by atoms with Crippen LogP contribution in [-0.2, 0) is 13.1 Å². The van der Waals surface area contributed by atoms with Crippen LogP contribution < -0.4 is 9.47 Å². The van der Waals surface area contributed by atoms with Crippen LogP contribution in [0.15, 0.2) is 22.6 Å². The fraction of sp³-hybridized carbons (Fsp3) is 0.500. The van der Waals surface area contributed by atoms with Gasteiger partial charge in [-0.15, -0.1) is 10.2 Å². The van der Waals surface area contributed by atoms with Gasteiger partial charge in [0.25, 0.3) is 0 Å². The first-order valence-electron chi connectivity index (χ1n) is 7.67. The van der Waals surface area contributed by atoms with Crippen LogP contribution in [0.2, 0.25) is 0 Å². The smallest absolute Gasteiger partial charge is 0.230 e. The number of hydrogen-bond acceptors (Lipinski definition) is 6. The van der Waals surface area contributed by atoms with Gasteiger partial charge in [-0.3, -0.25) is 4.90 Å². The average molecular weight is 301 g/mol. The molecule has 0 amide bonds. The fourth-order valence-corrected chi connectivity index (χ4v) is 2.61. The van der Waals surface area contributed by atoms with Crippen LogP contribution in [0.1, 0.15) is 36.1 Å². The number of ether oxygens (including phenoxy) is 2. The van der Waals surface area contributed by atoms with E-state index in [9.17, 15) is 0 Å². The molecule has 6 nitrogen and oxygen atoms in total. The topological polar surface area (TPSA) is 60.6 Å². The molecule has 116 valence electrons. The Kier molecular flexibility index (Phi) is 3.46. The molecule has 1 saturated carbocycles. The molecule has 1 aliphatic heterocycles. The van der Waals surface area contributed by atoms with Gasteiger partial charge in [-0.2, -0.15) is 0 Å². The minimum atomic E-state index is 0.504. The second kappa shape index (κ2) is 5.61. The summed E-state index contributed by atoms with van der Waals surface area (Å²) in [6.07, 6.45) is 2.35. The summed E-state index contributed by atoms with van der Waals surface area (Å²) in [4.78, 5) is 2.15. The zero-order valence-electron chi connectivity index (χ0n) is 12.6. The standard InChI is InChI=1S/C16H19N3O3/c1-19(10-15-17-18-16(22-15)12-3-4-12)9-11-2-5-13-14(8-11)21-7-6-20-13/h2,5,8,12H,3-4,6-7,9-10H2,1H3. The van der Waals surface area contributed by atoms with Crippen LogP contribution in [0, 0.1) is 0 Å². The molecular weight excluding hydrogens is 282 g/mol. The molecule has 0 bridgehead atoms. The zero-order chi connectivity index (χ0) is 14.9. The first-order valence-corrected chi connectivity index (χ1v) is 7.67. The maximum Gasteiger partial charge on any atom is 0.230 e. The molecule has 2 aromatic rings. The fourth-order valence-electron chi connectivity index (χ4n) is 2.61. The largest absolute Gasteiger partial charge is 0.486 e. The van der Waals surface area contributed by atoms with Gasteiger partial charge in [-0.05, 0) is 37.6 Å². The van der Waals surface area contributed by atoms with Gasteiger partial charge in [0.15, 0.2) is 11.5 Å². The van der Waals surface area contributed by atoms with Crippen molar-refractivity contribution in [3.63, 3.8) is 0 Å². The van der Waals surface area contributed by atoms with Gasteiger partial charge in [0.1, 0.15) is 13.2 Å². The van der Waals surface area contributed by atoms with Gasteiger partial charge in [0.05, 0.1) is 6.54 Å². The Labute approximate surface area is 129 Å². The van der Waals surface area contributed by atoms with Crippen molar-refractivity contribution < 1.29 is 13.9 Å². The van der Waals surface area contributed by atoms with E-state index in [0.29, 0.717) is 31.6 Å². The van der Waals surface area contributed by atoms with Crippen LogP contribution in [-0.4, -0.2) is 35.4 Å². The molecule has 0 unspecified atom stereocenters. The quantitative estimate of drug-likeness (QED) is 0.845. The number of aromatic nitrogens is 2. The number of nitrogens with zero attached hydrogens (tertiary/aromatic N) is 3. The third-order valence-corrected chi connectivity index (χ3v) is 3.87. The minimum Gasteiger partial charge on any atom is -0.486 e. The molecule has 2 heterocycles. The molecule has 22 heavy (non-hydrogen) atoms. The normalized spacial score (nSPS) is 17.0. The van der Waals surface area contributed by atoms with Crippen molar-refractivity contribution in [2.45, 2.75) is 31.8 Å². The first-order chi connectivity index (χ1) is 10.8. The average Bonchev–Trinajstić information content (AvgIpc) is 3.28. The lowest BCUT2D eigenvalue weighted by Gasteiger charge is -2.20. The minimum absolute atomic E-state index is 0.504. The highest BCUT2D eigenvalue weighted by Crippen LogP contribution is 2.39. The van der Waals surface area contributed by atoms with Gasteiger partial charge < -0.3 is 13.9 Å². The maximum absolute atomic E-state index is 5.70. The molecule has 1 aliphatic carbocycles. The van der Waals surface area contributed by atoms with Gasteiger partial charge in [-0.1, -0.05) is 6.07 Å². The molecule has 1 aromatic carbocycles. The lowest BCUT2D eigenvalue weighted by molar-refractivity contribution is 0.171. The van der Waals surface area contributed by atoms with Crippen molar-refractivity contribution in [1.82, 2.24) is 15.1 Å². The van der Waals surface area contributed by atoms with Crippen molar-refractivity contribution in [3.8, 4) is 11.5 Å². The van der Waals surface area contributed by atoms with Gasteiger partial charge in [-0.25, -0.2) is 0 Å². The summed E-state index contributed by atoms with van der Waals surface area (Å²) in [6, 6.07) is 6.07. The molecule has 4 rings (SSSR count). The van der Waals surface area contributed by atoms with Crippen molar-refractivity contribution in [1.29, 1.82) is 0 Å². The van der Waals surface area contributed by atoms with Crippen molar-refractivity contribution >= 4 is 0 Å². The van der Waals surface area contributed by atoms with E-state index in [4.69, 9.17) is 13.9 Å². The molecule has 1 fully saturated rings. The predicted molar refractivity (Wildman–Crippen MR) is 78.9 cm³/mol. The Morgan fingerprint density at radius 2 is 1.91 bits per heavy atom. The van der Waals surface area contributed by atoms with Crippen LogP contribution in [0.5, 0.6) is 11.5 Å². The second-order valence-electron chi connectivity index (χ2n) is 5.96. The summed E-state index contributed by atoms with van der Waals surface area (Å²) < 4.78 is 16.9. The van der Waals surface area contributed by atoms with Crippen LogP contribution >= 0.6 is 0 Å². The number of rotatable bonds is 5.